The largest absolute Gasteiger partial charge is 0.491 e. The van der Waals surface area contributed by atoms with E-state index in [0.29, 0.717) is 5.92 Å². The van der Waals surface area contributed by atoms with Crippen LogP contribution in [0.3, 0.4) is 0 Å². The fraction of sp³-hybridized carbons (Fsp3) is 0.571. The number of carboxylic acids is 1. The SMILES string of the molecule is CCC(CC)C(C)n1cc(OC)c(=O)cc1C(=O)O. The van der Waals surface area contributed by atoms with E-state index >= 15 is 0 Å². The lowest BCUT2D eigenvalue weighted by atomic mass is 9.95. The molecule has 19 heavy (non-hydrogen) atoms. The van der Waals surface area contributed by atoms with Gasteiger partial charge >= 0.3 is 5.97 Å². The summed E-state index contributed by atoms with van der Waals surface area (Å²) in [6.07, 6.45) is 3.39. The van der Waals surface area contributed by atoms with Crippen molar-refractivity contribution in [2.24, 2.45) is 5.92 Å². The van der Waals surface area contributed by atoms with Gasteiger partial charge in [-0.2, -0.15) is 0 Å². The second-order valence-electron chi connectivity index (χ2n) is 4.62. The molecule has 1 aromatic heterocycles. The number of hydrogen-bond acceptors (Lipinski definition) is 3. The van der Waals surface area contributed by atoms with Crippen LogP contribution in [-0.4, -0.2) is 22.8 Å². The van der Waals surface area contributed by atoms with Gasteiger partial charge in [0.2, 0.25) is 5.43 Å². The molecule has 1 unspecified atom stereocenters. The molecule has 0 aliphatic rings. The maximum absolute atomic E-state index is 11.7. The third-order valence-electron chi connectivity index (χ3n) is 3.65. The van der Waals surface area contributed by atoms with Crippen LogP contribution in [-0.2, 0) is 0 Å². The minimum atomic E-state index is -1.10. The molecule has 5 nitrogen and oxygen atoms in total. The third-order valence-corrected chi connectivity index (χ3v) is 3.65. The predicted octanol–water partition coefficient (Wildman–Crippen LogP) is 2.55. The molecule has 1 atom stereocenters. The molecule has 1 heterocycles. The summed E-state index contributed by atoms with van der Waals surface area (Å²) in [6, 6.07) is 1.12. The molecule has 0 amide bonds. The van der Waals surface area contributed by atoms with Gasteiger partial charge in [-0.1, -0.05) is 26.7 Å². The number of methoxy groups -OCH3 is 1. The fourth-order valence-corrected chi connectivity index (χ4v) is 2.39. The molecular weight excluding hydrogens is 246 g/mol. The minimum Gasteiger partial charge on any atom is -0.491 e. The number of hydrogen-bond donors (Lipinski definition) is 1. The van der Waals surface area contributed by atoms with E-state index in [1.165, 1.54) is 13.3 Å². The molecule has 5 heteroatoms. The van der Waals surface area contributed by atoms with E-state index in [9.17, 15) is 14.7 Å². The molecule has 0 aliphatic heterocycles. The van der Waals surface area contributed by atoms with Crippen molar-refractivity contribution in [1.82, 2.24) is 4.57 Å². The molecule has 0 spiro atoms. The number of rotatable bonds is 6. The molecule has 1 rings (SSSR count). The molecule has 0 aromatic carbocycles. The van der Waals surface area contributed by atoms with Crippen LogP contribution in [0, 0.1) is 5.92 Å². The molecule has 1 aromatic rings. The number of carbonyl (C=O) groups is 1. The van der Waals surface area contributed by atoms with Crippen LogP contribution in [0.5, 0.6) is 5.75 Å². The standard InChI is InChI=1S/C14H21NO4/c1-5-10(6-2)9(3)15-8-13(19-4)12(16)7-11(15)14(17)18/h7-10H,5-6H2,1-4H3,(H,17,18). The number of carboxylic acid groups (broad SMARTS) is 1. The lowest BCUT2D eigenvalue weighted by molar-refractivity contribution is 0.0678. The van der Waals surface area contributed by atoms with Gasteiger partial charge in [-0.05, 0) is 12.8 Å². The average Bonchev–Trinajstić information content (AvgIpc) is 2.39. The first-order chi connectivity index (χ1) is 8.96. The van der Waals surface area contributed by atoms with Crippen molar-refractivity contribution >= 4 is 5.97 Å². The average molecular weight is 267 g/mol. The molecular formula is C14H21NO4. The van der Waals surface area contributed by atoms with Crippen LogP contribution < -0.4 is 10.2 Å². The van der Waals surface area contributed by atoms with Gasteiger partial charge in [-0.25, -0.2) is 4.79 Å². The van der Waals surface area contributed by atoms with Gasteiger partial charge in [-0.3, -0.25) is 4.79 Å². The summed E-state index contributed by atoms with van der Waals surface area (Å²) in [5.41, 5.74) is -0.405. The van der Waals surface area contributed by atoms with Crippen molar-refractivity contribution in [3.8, 4) is 5.75 Å². The summed E-state index contributed by atoms with van der Waals surface area (Å²) in [5, 5.41) is 9.23. The highest BCUT2D eigenvalue weighted by Crippen LogP contribution is 2.26. The fourth-order valence-electron chi connectivity index (χ4n) is 2.39. The highest BCUT2D eigenvalue weighted by molar-refractivity contribution is 5.85. The van der Waals surface area contributed by atoms with E-state index in [-0.39, 0.29) is 17.5 Å². The van der Waals surface area contributed by atoms with E-state index in [1.807, 2.05) is 6.92 Å². The van der Waals surface area contributed by atoms with Gasteiger partial charge in [0.25, 0.3) is 0 Å². The molecule has 0 radical (unpaired) electrons. The maximum atomic E-state index is 11.7. The van der Waals surface area contributed by atoms with Gasteiger partial charge in [0.15, 0.2) is 5.75 Å². The van der Waals surface area contributed by atoms with Crippen molar-refractivity contribution in [3.05, 3.63) is 28.2 Å². The molecule has 1 N–H and O–H groups in total. The summed E-state index contributed by atoms with van der Waals surface area (Å²) >= 11 is 0. The Hall–Kier alpha value is -1.78. The van der Waals surface area contributed by atoms with Crippen LogP contribution in [0.2, 0.25) is 0 Å². The lowest BCUT2D eigenvalue weighted by Crippen LogP contribution is -2.24. The van der Waals surface area contributed by atoms with Crippen molar-refractivity contribution in [2.45, 2.75) is 39.7 Å². The first-order valence-corrected chi connectivity index (χ1v) is 6.49. The first-order valence-electron chi connectivity index (χ1n) is 6.49. The van der Waals surface area contributed by atoms with Gasteiger partial charge in [0.1, 0.15) is 5.69 Å². The summed E-state index contributed by atoms with van der Waals surface area (Å²) in [6.45, 7) is 6.11. The Labute approximate surface area is 112 Å². The first kappa shape index (κ1) is 15.3. The number of ether oxygens (including phenoxy) is 1. The Morgan fingerprint density at radius 2 is 2.00 bits per heavy atom. The van der Waals surface area contributed by atoms with Crippen molar-refractivity contribution in [1.29, 1.82) is 0 Å². The van der Waals surface area contributed by atoms with E-state index in [2.05, 4.69) is 13.8 Å². The van der Waals surface area contributed by atoms with E-state index in [0.717, 1.165) is 18.9 Å². The minimum absolute atomic E-state index is 0.00407. The molecule has 0 fully saturated rings. The zero-order valence-corrected chi connectivity index (χ0v) is 11.8. The summed E-state index contributed by atoms with van der Waals surface area (Å²) in [4.78, 5) is 22.9. The summed E-state index contributed by atoms with van der Waals surface area (Å²) < 4.78 is 6.62. The molecule has 106 valence electrons. The lowest BCUT2D eigenvalue weighted by Gasteiger charge is -2.26. The molecule has 0 bridgehead atoms. The summed E-state index contributed by atoms with van der Waals surface area (Å²) in [5.74, 6) is -0.578. The Morgan fingerprint density at radius 1 is 1.42 bits per heavy atom. The van der Waals surface area contributed by atoms with Crippen molar-refractivity contribution in [2.75, 3.05) is 7.11 Å². The van der Waals surface area contributed by atoms with Crippen LogP contribution in [0.25, 0.3) is 0 Å². The van der Waals surface area contributed by atoms with Crippen LogP contribution in [0.4, 0.5) is 0 Å². The highest BCUT2D eigenvalue weighted by Gasteiger charge is 2.21. The van der Waals surface area contributed by atoms with Crippen LogP contribution in [0.1, 0.15) is 50.1 Å². The number of aromatic carboxylic acids is 1. The third kappa shape index (κ3) is 3.16. The van der Waals surface area contributed by atoms with Gasteiger partial charge in [0.05, 0.1) is 13.3 Å². The van der Waals surface area contributed by atoms with Crippen molar-refractivity contribution < 1.29 is 14.6 Å². The van der Waals surface area contributed by atoms with Gasteiger partial charge in [-0.15, -0.1) is 0 Å². The molecule has 0 aliphatic carbocycles. The second kappa shape index (κ2) is 6.41. The Morgan fingerprint density at radius 3 is 2.42 bits per heavy atom. The van der Waals surface area contributed by atoms with Crippen LogP contribution in [0.15, 0.2) is 17.1 Å². The Balaban J connectivity index is 3.38. The second-order valence-corrected chi connectivity index (χ2v) is 4.62. The maximum Gasteiger partial charge on any atom is 0.352 e. The number of nitrogens with zero attached hydrogens (tertiary/aromatic N) is 1. The Bertz CT molecular complexity index is 503. The molecule has 0 saturated heterocycles. The molecule has 0 saturated carbocycles. The quantitative estimate of drug-likeness (QED) is 0.860. The van der Waals surface area contributed by atoms with E-state index < -0.39 is 11.4 Å². The predicted molar refractivity (Wildman–Crippen MR) is 73.0 cm³/mol. The van der Waals surface area contributed by atoms with Crippen LogP contribution >= 0.6 is 0 Å². The van der Waals surface area contributed by atoms with E-state index in [1.54, 1.807) is 4.57 Å². The zero-order valence-electron chi connectivity index (χ0n) is 11.8. The van der Waals surface area contributed by atoms with Gasteiger partial charge < -0.3 is 14.4 Å². The van der Waals surface area contributed by atoms with Gasteiger partial charge in [0, 0.05) is 12.1 Å². The highest BCUT2D eigenvalue weighted by atomic mass is 16.5. The Kier molecular flexibility index (Phi) is 5.15. The smallest absolute Gasteiger partial charge is 0.352 e. The topological polar surface area (TPSA) is 68.5 Å². The van der Waals surface area contributed by atoms with E-state index in [4.69, 9.17) is 4.74 Å². The zero-order chi connectivity index (χ0) is 14.6. The number of aromatic nitrogens is 1. The van der Waals surface area contributed by atoms with Crippen molar-refractivity contribution in [3.63, 3.8) is 0 Å². The monoisotopic (exact) mass is 267 g/mol. The number of pyridine rings is 1. The summed E-state index contributed by atoms with van der Waals surface area (Å²) in [7, 11) is 1.41. The normalized spacial score (nSPS) is 12.5.